The first-order valence-corrected chi connectivity index (χ1v) is 20.9. The van der Waals surface area contributed by atoms with Crippen molar-refractivity contribution in [3.63, 3.8) is 0 Å². The lowest BCUT2D eigenvalue weighted by Crippen LogP contribution is -2.58. The number of alkyl carbamates (subject to hydrolysis) is 1. The summed E-state index contributed by atoms with van der Waals surface area (Å²) in [6.45, 7) is 5.60. The van der Waals surface area contributed by atoms with Crippen LogP contribution in [-0.2, 0) is 33.5 Å². The quantitative estimate of drug-likeness (QED) is 0.182. The average Bonchev–Trinajstić information content (AvgIpc) is 3.80. The topological polar surface area (TPSA) is 183 Å². The number of benzene rings is 1. The molecule has 3 aliphatic rings. The summed E-state index contributed by atoms with van der Waals surface area (Å²) in [7, 11) is 3.13. The van der Waals surface area contributed by atoms with E-state index in [9.17, 15) is 33.6 Å². The molecule has 14 nitrogen and oxygen atoms in total. The number of ether oxygens (including phenoxy) is 1. The van der Waals surface area contributed by atoms with Crippen LogP contribution >= 0.6 is 23.5 Å². The maximum absolute atomic E-state index is 14.5. The fourth-order valence-corrected chi connectivity index (χ4v) is 10.3. The van der Waals surface area contributed by atoms with Crippen molar-refractivity contribution in [1.29, 1.82) is 0 Å². The monoisotopic (exact) mass is 788 g/mol. The molecule has 1 aromatic rings. The van der Waals surface area contributed by atoms with Crippen molar-refractivity contribution in [3.8, 4) is 0 Å². The molecular formula is C38H56N6O8S2. The number of nitrogens with zero attached hydrogens (tertiary/aromatic N) is 2. The largest absolute Gasteiger partial charge is 0.449 e. The first-order chi connectivity index (χ1) is 25.7. The summed E-state index contributed by atoms with van der Waals surface area (Å²) in [5.41, 5.74) is 0.556. The van der Waals surface area contributed by atoms with Crippen LogP contribution in [0.4, 0.5) is 4.79 Å². The molecule has 1 saturated carbocycles. The second-order valence-electron chi connectivity index (χ2n) is 14.8. The Morgan fingerprint density at radius 1 is 0.944 bits per heavy atom. The van der Waals surface area contributed by atoms with Gasteiger partial charge in [0.2, 0.25) is 29.4 Å². The molecule has 298 valence electrons. The minimum atomic E-state index is -1.20. The first-order valence-electron chi connectivity index (χ1n) is 18.9. The number of thioether (sulfide) groups is 2. The number of likely N-dealkylation sites (N-methyl/N-ethyl adjacent to an activating group) is 1. The highest BCUT2D eigenvalue weighted by molar-refractivity contribution is 8.21. The van der Waals surface area contributed by atoms with Gasteiger partial charge in [0.1, 0.15) is 18.1 Å². The maximum atomic E-state index is 14.5. The van der Waals surface area contributed by atoms with E-state index in [-0.39, 0.29) is 36.7 Å². The molecule has 54 heavy (non-hydrogen) atoms. The molecule has 16 heteroatoms. The number of ketones is 1. The third kappa shape index (κ3) is 11.6. The van der Waals surface area contributed by atoms with Gasteiger partial charge in [0.05, 0.1) is 23.3 Å². The van der Waals surface area contributed by atoms with Gasteiger partial charge in [-0.2, -0.15) is 0 Å². The van der Waals surface area contributed by atoms with Crippen LogP contribution in [0.25, 0.3) is 0 Å². The second kappa shape index (κ2) is 20.2. The number of nitrogens with one attached hydrogen (secondary N) is 4. The molecule has 4 atom stereocenters. The van der Waals surface area contributed by atoms with Crippen LogP contribution in [0.1, 0.15) is 83.7 Å². The van der Waals surface area contributed by atoms with Gasteiger partial charge in [-0.3, -0.25) is 28.8 Å². The highest BCUT2D eigenvalue weighted by Gasteiger charge is 2.53. The van der Waals surface area contributed by atoms with E-state index in [1.165, 1.54) is 4.90 Å². The third-order valence-corrected chi connectivity index (χ3v) is 13.3. The van der Waals surface area contributed by atoms with E-state index in [2.05, 4.69) is 21.3 Å². The Morgan fingerprint density at radius 3 is 2.22 bits per heavy atom. The van der Waals surface area contributed by atoms with Crippen molar-refractivity contribution in [2.75, 3.05) is 45.3 Å². The Bertz CT molecular complexity index is 1500. The predicted molar refractivity (Wildman–Crippen MR) is 208 cm³/mol. The molecule has 0 aromatic heterocycles. The lowest BCUT2D eigenvalue weighted by atomic mass is 9.83. The third-order valence-electron chi connectivity index (χ3n) is 9.87. The van der Waals surface area contributed by atoms with E-state index in [4.69, 9.17) is 4.74 Å². The van der Waals surface area contributed by atoms with Gasteiger partial charge >= 0.3 is 6.09 Å². The summed E-state index contributed by atoms with van der Waals surface area (Å²) in [6.07, 6.45) is 4.75. The Morgan fingerprint density at radius 2 is 1.61 bits per heavy atom. The zero-order valence-corrected chi connectivity index (χ0v) is 33.7. The van der Waals surface area contributed by atoms with Crippen LogP contribution < -0.4 is 21.3 Å². The van der Waals surface area contributed by atoms with E-state index in [1.807, 2.05) is 20.8 Å². The van der Waals surface area contributed by atoms with Crippen LogP contribution in [0, 0.1) is 11.8 Å². The van der Waals surface area contributed by atoms with Gasteiger partial charge < -0.3 is 35.8 Å². The highest BCUT2D eigenvalue weighted by atomic mass is 32.2. The summed E-state index contributed by atoms with van der Waals surface area (Å²) in [4.78, 5) is 96.7. The van der Waals surface area contributed by atoms with Crippen LogP contribution in [0.2, 0.25) is 0 Å². The van der Waals surface area contributed by atoms with Crippen molar-refractivity contribution >= 4 is 64.9 Å². The molecule has 0 bridgehead atoms. The average molecular weight is 789 g/mol. The molecule has 2 aliphatic heterocycles. The van der Waals surface area contributed by atoms with Gasteiger partial charge in [0.25, 0.3) is 5.91 Å². The summed E-state index contributed by atoms with van der Waals surface area (Å²) < 4.78 is 4.99. The predicted octanol–water partition coefficient (Wildman–Crippen LogP) is 3.01. The van der Waals surface area contributed by atoms with Crippen LogP contribution in [-0.4, -0.2) is 119 Å². The molecule has 1 spiro atoms. The zero-order chi connectivity index (χ0) is 39.4. The van der Waals surface area contributed by atoms with Gasteiger partial charge in [0.15, 0.2) is 0 Å². The standard InChI is InChI=1S/C38H56N6O8S2/c1-6-13-27(32(46)34(48)39-21-29(45)41-30(35(49)43(4)5)25-14-9-7-10-15-25)40-33(47)28-20-38(53-18-19-54-38)23-44(28)36(50)31(26-16-11-8-12-17-26)42-37(51)52-22-24(2)3/h7,9-10,14-15,24,26-28,30-31H,6,8,11-13,16-23H2,1-5H3,(H,39,48)(H,40,47)(H,41,45)(H,42,51)/t27?,28-,30?,31?/m0/s1. The van der Waals surface area contributed by atoms with Crippen molar-refractivity contribution < 1.29 is 38.3 Å². The fraction of sp³-hybridized carbons (Fsp3) is 0.658. The van der Waals surface area contributed by atoms with Gasteiger partial charge in [-0.25, -0.2) is 4.79 Å². The maximum Gasteiger partial charge on any atom is 0.407 e. The SMILES string of the molecule is CCCC(NC(=O)[C@@H]1CC2(CN1C(=O)C(NC(=O)OCC(C)C)C1CCCCC1)SCCS2)C(=O)C(=O)NCC(=O)NC(C(=O)N(C)C)c1ccccc1. The molecule has 1 aromatic carbocycles. The Hall–Kier alpha value is -3.79. The molecule has 3 unspecified atom stereocenters. The molecule has 6 amide bonds. The Labute approximate surface area is 326 Å². The molecule has 2 heterocycles. The zero-order valence-electron chi connectivity index (χ0n) is 32.0. The fourth-order valence-electron chi connectivity index (χ4n) is 7.08. The number of hydrogen-bond acceptors (Lipinski definition) is 10. The van der Waals surface area contributed by atoms with E-state index in [0.29, 0.717) is 24.9 Å². The van der Waals surface area contributed by atoms with E-state index < -0.39 is 64.4 Å². The van der Waals surface area contributed by atoms with Crippen molar-refractivity contribution in [2.24, 2.45) is 11.8 Å². The summed E-state index contributed by atoms with van der Waals surface area (Å²) >= 11 is 3.41. The number of Topliss-reactive ketones (excluding diaryl/α,β-unsaturated/α-hetero) is 1. The molecule has 1 aliphatic carbocycles. The molecule has 0 radical (unpaired) electrons. The smallest absolute Gasteiger partial charge is 0.407 e. The number of carbonyl (C=O) groups excluding carboxylic acids is 7. The summed E-state index contributed by atoms with van der Waals surface area (Å²) in [5.74, 6) is -2.19. The molecule has 4 rings (SSSR count). The number of likely N-dealkylation sites (tertiary alicyclic amines) is 1. The van der Waals surface area contributed by atoms with Crippen molar-refractivity contribution in [1.82, 2.24) is 31.1 Å². The van der Waals surface area contributed by atoms with Crippen molar-refractivity contribution in [2.45, 2.75) is 100 Å². The minimum absolute atomic E-state index is 0.110. The summed E-state index contributed by atoms with van der Waals surface area (Å²) in [6, 6.07) is 4.67. The molecule has 2 saturated heterocycles. The number of rotatable bonds is 16. The number of amides is 6. The Balaban J connectivity index is 1.46. The first kappa shape index (κ1) is 42.9. The molecule has 3 fully saturated rings. The normalized spacial score (nSPS) is 19.7. The van der Waals surface area contributed by atoms with Gasteiger partial charge in [-0.05, 0) is 36.7 Å². The second-order valence-corrected chi connectivity index (χ2v) is 18.1. The molecule has 4 N–H and O–H groups in total. The number of hydrogen-bond donors (Lipinski definition) is 4. The van der Waals surface area contributed by atoms with E-state index in [0.717, 1.165) is 43.6 Å². The highest BCUT2D eigenvalue weighted by Crippen LogP contribution is 2.52. The summed E-state index contributed by atoms with van der Waals surface area (Å²) in [5, 5.41) is 10.6. The van der Waals surface area contributed by atoms with Crippen LogP contribution in [0.15, 0.2) is 30.3 Å². The van der Waals surface area contributed by atoms with Gasteiger partial charge in [-0.15, -0.1) is 23.5 Å². The van der Waals surface area contributed by atoms with E-state index >= 15 is 0 Å². The Kier molecular flexibility index (Phi) is 16.1. The van der Waals surface area contributed by atoms with Crippen LogP contribution in [0.5, 0.6) is 0 Å². The van der Waals surface area contributed by atoms with Crippen molar-refractivity contribution in [3.05, 3.63) is 35.9 Å². The van der Waals surface area contributed by atoms with E-state index in [1.54, 1.807) is 72.9 Å². The minimum Gasteiger partial charge on any atom is -0.449 e. The molecular weight excluding hydrogens is 733 g/mol. The lowest BCUT2D eigenvalue weighted by Gasteiger charge is -2.34. The number of carbonyl (C=O) groups is 7. The van der Waals surface area contributed by atoms with Crippen LogP contribution in [0.3, 0.4) is 0 Å². The van der Waals surface area contributed by atoms with Gasteiger partial charge in [0, 0.05) is 38.6 Å². The van der Waals surface area contributed by atoms with Gasteiger partial charge in [-0.1, -0.05) is 76.8 Å². The lowest BCUT2D eigenvalue weighted by molar-refractivity contribution is -0.143.